The largest absolute Gasteiger partial charge is 0.396 e. The van der Waals surface area contributed by atoms with Crippen LogP contribution in [0, 0.1) is 5.82 Å². The molecule has 0 fully saturated rings. The molecule has 1 amide bonds. The average Bonchev–Trinajstić information content (AvgIpc) is 2.69. The van der Waals surface area contributed by atoms with Gasteiger partial charge in [0.15, 0.2) is 0 Å². The number of aliphatic hydroxyl groups excluding tert-OH is 1. The van der Waals surface area contributed by atoms with Gasteiger partial charge in [-0.1, -0.05) is 0 Å². The molecule has 2 N–H and O–H groups in total. The van der Waals surface area contributed by atoms with Gasteiger partial charge < -0.3 is 15.3 Å². The van der Waals surface area contributed by atoms with Crippen molar-refractivity contribution in [2.45, 2.75) is 38.5 Å². The molecule has 2 rings (SSSR count). The number of halogens is 1. The molecule has 5 heteroatoms. The van der Waals surface area contributed by atoms with E-state index in [9.17, 15) is 9.18 Å². The maximum absolute atomic E-state index is 13.4. The summed E-state index contributed by atoms with van der Waals surface area (Å²) in [4.78, 5) is 14.1. The van der Waals surface area contributed by atoms with Crippen LogP contribution < -0.4 is 10.2 Å². The number of aryl methyl sites for hydroxylation is 1. The van der Waals surface area contributed by atoms with Crippen LogP contribution in [0.3, 0.4) is 0 Å². The van der Waals surface area contributed by atoms with E-state index in [2.05, 4.69) is 5.32 Å². The first-order valence-electron chi connectivity index (χ1n) is 8.11. The monoisotopic (exact) mass is 308 g/mol. The molecule has 0 saturated heterocycles. The van der Waals surface area contributed by atoms with E-state index in [1.54, 1.807) is 12.1 Å². The number of anilines is 1. The fraction of sp³-hybridized carbons (Fsp3) is 0.588. The summed E-state index contributed by atoms with van der Waals surface area (Å²) in [5, 5.41) is 11.6. The molecule has 0 unspecified atom stereocenters. The van der Waals surface area contributed by atoms with Crippen LogP contribution in [0.25, 0.3) is 0 Å². The van der Waals surface area contributed by atoms with Crippen molar-refractivity contribution < 1.29 is 14.3 Å². The van der Waals surface area contributed by atoms with Crippen molar-refractivity contribution >= 4 is 11.6 Å². The molecule has 0 radical (unpaired) electrons. The number of benzene rings is 1. The first-order chi connectivity index (χ1) is 10.7. The second-order valence-electron chi connectivity index (χ2n) is 5.79. The highest BCUT2D eigenvalue weighted by Gasteiger charge is 2.18. The Morgan fingerprint density at radius 1 is 1.27 bits per heavy atom. The van der Waals surface area contributed by atoms with Crippen LogP contribution in [0.15, 0.2) is 18.2 Å². The molecule has 1 aliphatic rings. The second kappa shape index (κ2) is 8.73. The number of carbonyl (C=O) groups excluding carboxylic acids is 1. The third-order valence-corrected chi connectivity index (χ3v) is 4.00. The zero-order chi connectivity index (χ0) is 15.8. The van der Waals surface area contributed by atoms with E-state index >= 15 is 0 Å². The van der Waals surface area contributed by atoms with Gasteiger partial charge in [-0.15, -0.1) is 0 Å². The smallest absolute Gasteiger partial charge is 0.239 e. The predicted octanol–water partition coefficient (Wildman–Crippen LogP) is 2.25. The molecule has 0 spiro atoms. The van der Waals surface area contributed by atoms with Gasteiger partial charge in [-0.25, -0.2) is 4.39 Å². The summed E-state index contributed by atoms with van der Waals surface area (Å²) >= 11 is 0. The molecule has 0 aromatic heterocycles. The Kier molecular flexibility index (Phi) is 6.65. The summed E-state index contributed by atoms with van der Waals surface area (Å²) in [6, 6.07) is 4.83. The molecule has 0 bridgehead atoms. The van der Waals surface area contributed by atoms with Crippen LogP contribution in [-0.2, 0) is 11.2 Å². The molecule has 0 saturated carbocycles. The summed E-state index contributed by atoms with van der Waals surface area (Å²) in [5.74, 6) is -0.213. The number of nitrogens with zero attached hydrogens (tertiary/aromatic N) is 1. The fourth-order valence-corrected chi connectivity index (χ4v) is 2.84. The molecule has 0 aliphatic carbocycles. The number of amides is 1. The van der Waals surface area contributed by atoms with Crippen LogP contribution in [0.1, 0.15) is 37.7 Å². The van der Waals surface area contributed by atoms with Crippen molar-refractivity contribution in [3.8, 4) is 0 Å². The lowest BCUT2D eigenvalue weighted by molar-refractivity contribution is -0.119. The molecule has 22 heavy (non-hydrogen) atoms. The highest BCUT2D eigenvalue weighted by atomic mass is 19.1. The van der Waals surface area contributed by atoms with Crippen LogP contribution >= 0.6 is 0 Å². The summed E-state index contributed by atoms with van der Waals surface area (Å²) in [7, 11) is 0. The van der Waals surface area contributed by atoms with Crippen LogP contribution in [-0.4, -0.2) is 37.3 Å². The van der Waals surface area contributed by atoms with Crippen molar-refractivity contribution in [2.24, 2.45) is 0 Å². The molecule has 1 aromatic carbocycles. The van der Waals surface area contributed by atoms with Gasteiger partial charge in [-0.2, -0.15) is 0 Å². The molecule has 0 atom stereocenters. The van der Waals surface area contributed by atoms with E-state index in [-0.39, 0.29) is 18.3 Å². The van der Waals surface area contributed by atoms with Crippen molar-refractivity contribution in [3.63, 3.8) is 0 Å². The van der Waals surface area contributed by atoms with E-state index in [0.717, 1.165) is 56.3 Å². The molecule has 4 nitrogen and oxygen atoms in total. The van der Waals surface area contributed by atoms with Gasteiger partial charge in [0.1, 0.15) is 5.82 Å². The molecule has 122 valence electrons. The quantitative estimate of drug-likeness (QED) is 0.760. The van der Waals surface area contributed by atoms with E-state index in [0.29, 0.717) is 13.1 Å². The third kappa shape index (κ3) is 4.98. The minimum Gasteiger partial charge on any atom is -0.396 e. The summed E-state index contributed by atoms with van der Waals surface area (Å²) in [6.07, 6.45) is 5.49. The standard InChI is InChI=1S/C17H25FN2O2/c18-15-7-8-16-14(12-15)6-2-4-10-20(16)13-17(22)19-9-3-1-5-11-21/h7-8,12,21H,1-6,9-11,13H2,(H,19,22). The van der Waals surface area contributed by atoms with Gasteiger partial charge in [0.25, 0.3) is 0 Å². The van der Waals surface area contributed by atoms with Gasteiger partial charge in [0.2, 0.25) is 5.91 Å². The Bertz CT molecular complexity index is 494. The predicted molar refractivity (Wildman–Crippen MR) is 85.5 cm³/mol. The van der Waals surface area contributed by atoms with Crippen LogP contribution in [0.5, 0.6) is 0 Å². The number of fused-ring (bicyclic) bond motifs is 1. The molecule has 1 aromatic rings. The third-order valence-electron chi connectivity index (χ3n) is 4.00. The number of carbonyl (C=O) groups is 1. The zero-order valence-electron chi connectivity index (χ0n) is 13.0. The molecule has 1 heterocycles. The van der Waals surface area contributed by atoms with Crippen LogP contribution in [0.2, 0.25) is 0 Å². The van der Waals surface area contributed by atoms with E-state index in [1.165, 1.54) is 6.07 Å². The van der Waals surface area contributed by atoms with Gasteiger partial charge >= 0.3 is 0 Å². The van der Waals surface area contributed by atoms with Gasteiger partial charge in [0, 0.05) is 25.4 Å². The maximum atomic E-state index is 13.4. The van der Waals surface area contributed by atoms with Gasteiger partial charge in [-0.05, 0) is 62.3 Å². The second-order valence-corrected chi connectivity index (χ2v) is 5.79. The number of hydrogen-bond donors (Lipinski definition) is 2. The van der Waals surface area contributed by atoms with Gasteiger partial charge in [0.05, 0.1) is 6.54 Å². The lowest BCUT2D eigenvalue weighted by atomic mass is 10.1. The Balaban J connectivity index is 1.88. The number of aliphatic hydroxyl groups is 1. The number of hydrogen-bond acceptors (Lipinski definition) is 3. The Labute approximate surface area is 131 Å². The van der Waals surface area contributed by atoms with Gasteiger partial charge in [-0.3, -0.25) is 4.79 Å². The first kappa shape index (κ1) is 16.7. The average molecular weight is 308 g/mol. The van der Waals surface area contributed by atoms with Crippen molar-refractivity contribution in [1.82, 2.24) is 5.32 Å². The van der Waals surface area contributed by atoms with Crippen LogP contribution in [0.4, 0.5) is 10.1 Å². The summed E-state index contributed by atoms with van der Waals surface area (Å²) in [6.45, 7) is 1.99. The van der Waals surface area contributed by atoms with Crippen molar-refractivity contribution in [3.05, 3.63) is 29.6 Å². The lowest BCUT2D eigenvalue weighted by Gasteiger charge is -2.24. The number of nitrogens with one attached hydrogen (secondary N) is 1. The van der Waals surface area contributed by atoms with E-state index in [1.807, 2.05) is 4.90 Å². The zero-order valence-corrected chi connectivity index (χ0v) is 13.0. The molecule has 1 aliphatic heterocycles. The maximum Gasteiger partial charge on any atom is 0.239 e. The minimum atomic E-state index is -0.214. The highest BCUT2D eigenvalue weighted by molar-refractivity contribution is 5.81. The van der Waals surface area contributed by atoms with Crippen molar-refractivity contribution in [2.75, 3.05) is 31.1 Å². The number of rotatable bonds is 7. The Morgan fingerprint density at radius 2 is 2.14 bits per heavy atom. The summed E-state index contributed by atoms with van der Waals surface area (Å²) < 4.78 is 13.4. The molecular formula is C17H25FN2O2. The van der Waals surface area contributed by atoms with E-state index in [4.69, 9.17) is 5.11 Å². The van der Waals surface area contributed by atoms with Crippen molar-refractivity contribution in [1.29, 1.82) is 0 Å². The summed E-state index contributed by atoms with van der Waals surface area (Å²) in [5.41, 5.74) is 1.97. The Hall–Kier alpha value is -1.62. The SMILES string of the molecule is O=C(CN1CCCCc2cc(F)ccc21)NCCCCCO. The number of unbranched alkanes of at least 4 members (excludes halogenated alkanes) is 2. The normalized spacial score (nSPS) is 14.4. The lowest BCUT2D eigenvalue weighted by Crippen LogP contribution is -2.38. The first-order valence-corrected chi connectivity index (χ1v) is 8.11. The molecular weight excluding hydrogens is 283 g/mol. The fourth-order valence-electron chi connectivity index (χ4n) is 2.84. The topological polar surface area (TPSA) is 52.6 Å². The Morgan fingerprint density at radius 3 is 2.95 bits per heavy atom. The highest BCUT2D eigenvalue weighted by Crippen LogP contribution is 2.26. The van der Waals surface area contributed by atoms with E-state index < -0.39 is 0 Å². The minimum absolute atomic E-state index is 0.00109.